The molecule has 0 spiro atoms. The summed E-state index contributed by atoms with van der Waals surface area (Å²) in [7, 11) is 1.47. The average Bonchev–Trinajstić information content (AvgIpc) is 2.37. The van der Waals surface area contributed by atoms with E-state index in [1.807, 2.05) is 0 Å². The van der Waals surface area contributed by atoms with Crippen molar-refractivity contribution in [3.05, 3.63) is 41.2 Å². The Morgan fingerprint density at radius 2 is 1.95 bits per heavy atom. The third kappa shape index (κ3) is 3.51. The first-order valence-corrected chi connectivity index (χ1v) is 5.82. The zero-order valence-electron chi connectivity index (χ0n) is 10.2. The highest BCUT2D eigenvalue weighted by Gasteiger charge is 2.32. The van der Waals surface area contributed by atoms with Crippen molar-refractivity contribution in [3.8, 4) is 11.6 Å². The van der Waals surface area contributed by atoms with E-state index in [4.69, 9.17) is 16.3 Å². The first-order valence-electron chi connectivity index (χ1n) is 5.44. The number of hydrogen-bond donors (Lipinski definition) is 1. The van der Waals surface area contributed by atoms with Gasteiger partial charge in [0.2, 0.25) is 5.88 Å². The fourth-order valence-electron chi connectivity index (χ4n) is 1.42. The number of anilines is 1. The van der Waals surface area contributed by atoms with E-state index in [-0.39, 0.29) is 17.4 Å². The van der Waals surface area contributed by atoms with Crippen LogP contribution in [0.2, 0.25) is 5.02 Å². The highest BCUT2D eigenvalue weighted by Crippen LogP contribution is 2.33. The summed E-state index contributed by atoms with van der Waals surface area (Å²) in [4.78, 5) is 7.66. The molecule has 2 rings (SSSR count). The van der Waals surface area contributed by atoms with Gasteiger partial charge in [0, 0.05) is 25.4 Å². The maximum absolute atomic E-state index is 12.7. The number of pyridine rings is 2. The van der Waals surface area contributed by atoms with Crippen molar-refractivity contribution in [1.29, 1.82) is 0 Å². The summed E-state index contributed by atoms with van der Waals surface area (Å²) in [5.41, 5.74) is -0.859. The molecule has 1 N–H and O–H groups in total. The summed E-state index contributed by atoms with van der Waals surface area (Å²) in [6.45, 7) is 0. The molecule has 0 saturated carbocycles. The number of nitrogens with zero attached hydrogens (tertiary/aromatic N) is 2. The van der Waals surface area contributed by atoms with Crippen LogP contribution in [0.15, 0.2) is 30.6 Å². The molecule has 0 atom stereocenters. The van der Waals surface area contributed by atoms with Gasteiger partial charge in [-0.25, -0.2) is 0 Å². The van der Waals surface area contributed by atoms with Gasteiger partial charge in [0.05, 0.1) is 16.8 Å². The Balaban J connectivity index is 2.36. The molecule has 0 unspecified atom stereocenters. The van der Waals surface area contributed by atoms with Crippen LogP contribution in [-0.4, -0.2) is 17.0 Å². The lowest BCUT2D eigenvalue weighted by atomic mass is 10.2. The van der Waals surface area contributed by atoms with Crippen molar-refractivity contribution >= 4 is 17.4 Å². The molecule has 2 aromatic rings. The number of rotatable bonds is 3. The van der Waals surface area contributed by atoms with Gasteiger partial charge < -0.3 is 10.1 Å². The van der Waals surface area contributed by atoms with Crippen LogP contribution in [0.4, 0.5) is 19.0 Å². The number of aromatic nitrogens is 2. The van der Waals surface area contributed by atoms with Crippen LogP contribution in [0.1, 0.15) is 5.56 Å². The Kier molecular flexibility index (Phi) is 3.99. The Hall–Kier alpha value is -2.02. The van der Waals surface area contributed by atoms with Gasteiger partial charge >= 0.3 is 6.18 Å². The normalized spacial score (nSPS) is 11.2. The van der Waals surface area contributed by atoms with E-state index in [2.05, 4.69) is 15.3 Å². The van der Waals surface area contributed by atoms with Gasteiger partial charge in [-0.15, -0.1) is 0 Å². The van der Waals surface area contributed by atoms with E-state index in [0.717, 1.165) is 12.1 Å². The molecule has 0 bridgehead atoms. The molecule has 4 nitrogen and oxygen atoms in total. The number of ether oxygens (including phenoxy) is 1. The Bertz CT molecular complexity index is 619. The van der Waals surface area contributed by atoms with E-state index in [9.17, 15) is 13.2 Å². The second kappa shape index (κ2) is 5.54. The number of hydrogen-bond acceptors (Lipinski definition) is 4. The molecule has 0 aliphatic heterocycles. The molecule has 0 radical (unpaired) electrons. The molecular weight excluding hydrogens is 295 g/mol. The lowest BCUT2D eigenvalue weighted by Gasteiger charge is -2.11. The molecule has 2 heterocycles. The number of nitrogens with one attached hydrogen (secondary N) is 1. The number of alkyl halides is 3. The van der Waals surface area contributed by atoms with E-state index in [0.29, 0.717) is 5.02 Å². The van der Waals surface area contributed by atoms with Crippen molar-refractivity contribution in [2.45, 2.75) is 6.18 Å². The van der Waals surface area contributed by atoms with Crippen LogP contribution >= 0.6 is 11.6 Å². The number of halogens is 4. The minimum Gasteiger partial charge on any atom is -0.437 e. The first kappa shape index (κ1) is 14.4. The van der Waals surface area contributed by atoms with Crippen LogP contribution in [0.25, 0.3) is 0 Å². The van der Waals surface area contributed by atoms with Gasteiger partial charge in [0.1, 0.15) is 11.6 Å². The highest BCUT2D eigenvalue weighted by molar-refractivity contribution is 6.30. The fourth-order valence-corrected chi connectivity index (χ4v) is 1.58. The molecular formula is C12H9ClF3N3O. The molecule has 0 aliphatic carbocycles. The second-order valence-electron chi connectivity index (χ2n) is 3.77. The predicted molar refractivity (Wildman–Crippen MR) is 68.1 cm³/mol. The summed E-state index contributed by atoms with van der Waals surface area (Å²) in [6.07, 6.45) is -1.78. The maximum atomic E-state index is 12.7. The van der Waals surface area contributed by atoms with Crippen molar-refractivity contribution in [3.63, 3.8) is 0 Å². The quantitative estimate of drug-likeness (QED) is 0.931. The average molecular weight is 304 g/mol. The molecule has 20 heavy (non-hydrogen) atoms. The SMILES string of the molecule is CNc1cc(C(F)(F)F)cc(Oc2cncc(Cl)c2)n1. The predicted octanol–water partition coefficient (Wildman–Crippen LogP) is 3.98. The summed E-state index contributed by atoms with van der Waals surface area (Å²) >= 11 is 5.72. The first-order chi connectivity index (χ1) is 9.38. The van der Waals surface area contributed by atoms with Crippen LogP contribution in [-0.2, 0) is 6.18 Å². The monoisotopic (exact) mass is 303 g/mol. The highest BCUT2D eigenvalue weighted by atomic mass is 35.5. The lowest BCUT2D eigenvalue weighted by Crippen LogP contribution is -2.07. The fraction of sp³-hybridized carbons (Fsp3) is 0.167. The zero-order chi connectivity index (χ0) is 14.8. The van der Waals surface area contributed by atoms with Crippen LogP contribution in [0.3, 0.4) is 0 Å². The largest absolute Gasteiger partial charge is 0.437 e. The summed E-state index contributed by atoms with van der Waals surface area (Å²) < 4.78 is 43.5. The van der Waals surface area contributed by atoms with Crippen LogP contribution in [0, 0.1) is 0 Å². The molecule has 0 fully saturated rings. The van der Waals surface area contributed by atoms with Gasteiger partial charge in [-0.3, -0.25) is 4.98 Å². The van der Waals surface area contributed by atoms with Crippen molar-refractivity contribution in [2.24, 2.45) is 0 Å². The smallest absolute Gasteiger partial charge is 0.416 e. The molecule has 106 valence electrons. The van der Waals surface area contributed by atoms with E-state index in [1.54, 1.807) is 0 Å². The summed E-state index contributed by atoms with van der Waals surface area (Å²) in [6, 6.07) is 3.13. The topological polar surface area (TPSA) is 47.0 Å². The standard InChI is InChI=1S/C12H9ClF3N3O/c1-17-10-2-7(12(14,15)16)3-11(19-10)20-9-4-8(13)5-18-6-9/h2-6H,1H3,(H,17,19). The molecule has 0 aliphatic rings. The molecule has 0 amide bonds. The molecule has 2 aromatic heterocycles. The van der Waals surface area contributed by atoms with Gasteiger partial charge in [0.15, 0.2) is 0 Å². The molecule has 8 heteroatoms. The summed E-state index contributed by atoms with van der Waals surface area (Å²) in [5.74, 6) is 0.0458. The third-order valence-electron chi connectivity index (χ3n) is 2.29. The van der Waals surface area contributed by atoms with Gasteiger partial charge in [-0.1, -0.05) is 11.6 Å². The van der Waals surface area contributed by atoms with Crippen LogP contribution < -0.4 is 10.1 Å². The van der Waals surface area contributed by atoms with Gasteiger partial charge in [-0.2, -0.15) is 18.2 Å². The second-order valence-corrected chi connectivity index (χ2v) is 4.20. The van der Waals surface area contributed by atoms with E-state index in [1.165, 1.54) is 25.5 Å². The zero-order valence-corrected chi connectivity index (χ0v) is 11.0. The van der Waals surface area contributed by atoms with Crippen molar-refractivity contribution < 1.29 is 17.9 Å². The minimum absolute atomic E-state index is 0.0461. The van der Waals surface area contributed by atoms with Crippen molar-refractivity contribution in [1.82, 2.24) is 9.97 Å². The lowest BCUT2D eigenvalue weighted by molar-refractivity contribution is -0.137. The molecule has 0 saturated heterocycles. The maximum Gasteiger partial charge on any atom is 0.416 e. The Morgan fingerprint density at radius 3 is 2.55 bits per heavy atom. The van der Waals surface area contributed by atoms with Crippen molar-refractivity contribution in [2.75, 3.05) is 12.4 Å². The minimum atomic E-state index is -4.49. The van der Waals surface area contributed by atoms with Gasteiger partial charge in [-0.05, 0) is 6.07 Å². The Labute approximate surface area is 117 Å². The van der Waals surface area contributed by atoms with E-state index >= 15 is 0 Å². The van der Waals surface area contributed by atoms with Crippen LogP contribution in [0.5, 0.6) is 11.6 Å². The van der Waals surface area contributed by atoms with E-state index < -0.39 is 11.7 Å². The molecule has 0 aromatic carbocycles. The third-order valence-corrected chi connectivity index (χ3v) is 2.49. The van der Waals surface area contributed by atoms with Gasteiger partial charge in [0.25, 0.3) is 0 Å². The summed E-state index contributed by atoms with van der Waals surface area (Å²) in [5, 5.41) is 2.85. The Morgan fingerprint density at radius 1 is 1.20 bits per heavy atom.